The highest BCUT2D eigenvalue weighted by Crippen LogP contribution is 2.48. The molecule has 1 heterocycles. The lowest BCUT2D eigenvalue weighted by molar-refractivity contribution is 0.346. The van der Waals surface area contributed by atoms with Crippen molar-refractivity contribution in [2.45, 2.75) is 75.5 Å². The molecule has 2 aliphatic carbocycles. The van der Waals surface area contributed by atoms with Crippen molar-refractivity contribution in [3.63, 3.8) is 0 Å². The monoisotopic (exact) mass is 758 g/mol. The Morgan fingerprint density at radius 2 is 0.842 bits per heavy atom. The van der Waals surface area contributed by atoms with Gasteiger partial charge in [0.05, 0.1) is 0 Å². The third-order valence-electron chi connectivity index (χ3n) is 12.9. The summed E-state index contributed by atoms with van der Waals surface area (Å²) in [7, 11) is 0. The molecule has 57 heavy (non-hydrogen) atoms. The summed E-state index contributed by atoms with van der Waals surface area (Å²) >= 11 is 1.89. The number of rotatable bonds is 9. The number of thiophene rings is 1. The van der Waals surface area contributed by atoms with E-state index in [4.69, 9.17) is 0 Å². The van der Waals surface area contributed by atoms with Crippen molar-refractivity contribution >= 4 is 65.6 Å². The van der Waals surface area contributed by atoms with Gasteiger partial charge in [0.15, 0.2) is 0 Å². The molecule has 0 saturated heterocycles. The number of anilines is 6. The van der Waals surface area contributed by atoms with Crippen LogP contribution in [0.4, 0.5) is 34.1 Å². The zero-order valence-corrected chi connectivity index (χ0v) is 33.5. The van der Waals surface area contributed by atoms with Crippen LogP contribution in [0, 0.1) is 0 Å². The standard InChI is InChI=1S/C54H50N2S/c1-5-15-40(16-6-1)41-23-29-46(30-24-41)56(49-35-36-53-51(39-49)50-21-11-12-22-52(50)57-53)48-33-27-43(28-34-48)54(37-13-4-14-38-54)42-25-31-47(32-26-42)55(44-17-7-2-8-18-44)45-19-9-3-10-20-45/h2-3,7-12,17-36,39-40H,1,4-6,13-16,37-38H2. The van der Waals surface area contributed by atoms with E-state index in [-0.39, 0.29) is 5.41 Å². The first-order chi connectivity index (χ1) is 28.2. The van der Waals surface area contributed by atoms with Gasteiger partial charge in [-0.3, -0.25) is 0 Å². The molecule has 0 spiro atoms. The second-order valence-electron chi connectivity index (χ2n) is 16.3. The van der Waals surface area contributed by atoms with Crippen LogP contribution < -0.4 is 9.80 Å². The molecule has 2 fully saturated rings. The van der Waals surface area contributed by atoms with E-state index in [2.05, 4.69) is 186 Å². The molecule has 282 valence electrons. The molecule has 2 aliphatic rings. The quantitative estimate of drug-likeness (QED) is 0.145. The maximum absolute atomic E-state index is 2.48. The topological polar surface area (TPSA) is 6.48 Å². The van der Waals surface area contributed by atoms with E-state index >= 15 is 0 Å². The van der Waals surface area contributed by atoms with Gasteiger partial charge in [-0.2, -0.15) is 0 Å². The zero-order chi connectivity index (χ0) is 38.0. The molecule has 0 N–H and O–H groups in total. The Morgan fingerprint density at radius 1 is 0.386 bits per heavy atom. The highest BCUT2D eigenvalue weighted by molar-refractivity contribution is 7.25. The summed E-state index contributed by atoms with van der Waals surface area (Å²) in [5.41, 5.74) is 11.5. The summed E-state index contributed by atoms with van der Waals surface area (Å²) < 4.78 is 2.68. The van der Waals surface area contributed by atoms with Gasteiger partial charge in [0.1, 0.15) is 0 Å². The van der Waals surface area contributed by atoms with Gasteiger partial charge in [-0.1, -0.05) is 130 Å². The van der Waals surface area contributed by atoms with Crippen LogP contribution in [0.5, 0.6) is 0 Å². The van der Waals surface area contributed by atoms with Crippen molar-refractivity contribution in [1.82, 2.24) is 0 Å². The van der Waals surface area contributed by atoms with E-state index in [0.717, 1.165) is 0 Å². The van der Waals surface area contributed by atoms with E-state index in [0.29, 0.717) is 5.92 Å². The minimum atomic E-state index is -0.0133. The predicted octanol–water partition coefficient (Wildman–Crippen LogP) is 16.3. The van der Waals surface area contributed by atoms with Crippen molar-refractivity contribution in [2.24, 2.45) is 0 Å². The van der Waals surface area contributed by atoms with Crippen molar-refractivity contribution in [1.29, 1.82) is 0 Å². The highest BCUT2D eigenvalue weighted by atomic mass is 32.1. The average Bonchev–Trinajstić information content (AvgIpc) is 3.67. The Morgan fingerprint density at radius 3 is 1.44 bits per heavy atom. The molecule has 0 aliphatic heterocycles. The Bertz CT molecular complexity index is 2520. The van der Waals surface area contributed by atoms with Crippen LogP contribution in [-0.2, 0) is 5.41 Å². The Labute approximate surface area is 342 Å². The summed E-state index contributed by atoms with van der Waals surface area (Å²) in [4.78, 5) is 4.84. The van der Waals surface area contributed by atoms with E-state index < -0.39 is 0 Å². The lowest BCUT2D eigenvalue weighted by atomic mass is 9.65. The number of nitrogens with zero attached hydrogens (tertiary/aromatic N) is 2. The fourth-order valence-electron chi connectivity index (χ4n) is 9.99. The minimum Gasteiger partial charge on any atom is -0.311 e. The molecule has 0 bridgehead atoms. The first kappa shape index (κ1) is 35.8. The summed E-state index contributed by atoms with van der Waals surface area (Å²) in [6.07, 6.45) is 12.8. The Balaban J connectivity index is 1.02. The largest absolute Gasteiger partial charge is 0.311 e. The number of fused-ring (bicyclic) bond motifs is 3. The van der Waals surface area contributed by atoms with E-state index in [1.165, 1.54) is 135 Å². The maximum atomic E-state index is 2.48. The molecular weight excluding hydrogens is 709 g/mol. The van der Waals surface area contributed by atoms with Gasteiger partial charge in [0.25, 0.3) is 0 Å². The molecule has 2 nitrogen and oxygen atoms in total. The van der Waals surface area contributed by atoms with Crippen molar-refractivity contribution in [3.8, 4) is 0 Å². The van der Waals surface area contributed by atoms with Gasteiger partial charge >= 0.3 is 0 Å². The second kappa shape index (κ2) is 15.7. The molecule has 3 heteroatoms. The van der Waals surface area contributed by atoms with Crippen LogP contribution in [0.3, 0.4) is 0 Å². The average molecular weight is 759 g/mol. The lowest BCUT2D eigenvalue weighted by Crippen LogP contribution is -2.30. The smallest absolute Gasteiger partial charge is 0.0468 e. The first-order valence-corrected chi connectivity index (χ1v) is 22.0. The van der Waals surface area contributed by atoms with Crippen LogP contribution in [0.1, 0.15) is 86.8 Å². The third kappa shape index (κ3) is 6.93. The van der Waals surface area contributed by atoms with Crippen LogP contribution in [0.15, 0.2) is 176 Å². The summed E-state index contributed by atoms with van der Waals surface area (Å²) in [6, 6.07) is 66.0. The molecule has 10 rings (SSSR count). The van der Waals surface area contributed by atoms with Crippen LogP contribution in [0.25, 0.3) is 20.2 Å². The van der Waals surface area contributed by atoms with Gasteiger partial charge < -0.3 is 9.80 Å². The third-order valence-corrected chi connectivity index (χ3v) is 14.1. The molecule has 1 aromatic heterocycles. The van der Waals surface area contributed by atoms with E-state index in [1.54, 1.807) is 0 Å². The fraction of sp³-hybridized carbons (Fsp3) is 0.222. The summed E-state index contributed by atoms with van der Waals surface area (Å²) in [5, 5.41) is 2.67. The van der Waals surface area contributed by atoms with Crippen molar-refractivity contribution in [2.75, 3.05) is 9.80 Å². The molecule has 7 aromatic carbocycles. The summed E-state index contributed by atoms with van der Waals surface area (Å²) in [6.45, 7) is 0. The van der Waals surface area contributed by atoms with Gasteiger partial charge in [0.2, 0.25) is 0 Å². The SMILES string of the molecule is c1ccc(N(c2ccccc2)c2ccc(C3(c4ccc(N(c5ccc(C6CCCCC6)cc5)c5ccc6sc7ccccc7c6c5)cc4)CCCCC3)cc2)cc1. The van der Waals surface area contributed by atoms with Gasteiger partial charge in [-0.15, -0.1) is 11.3 Å². The Hall–Kier alpha value is -5.64. The molecule has 0 atom stereocenters. The van der Waals surface area contributed by atoms with Crippen LogP contribution in [-0.4, -0.2) is 0 Å². The first-order valence-electron chi connectivity index (χ1n) is 21.2. The molecule has 2 saturated carbocycles. The van der Waals surface area contributed by atoms with Crippen LogP contribution in [0.2, 0.25) is 0 Å². The van der Waals surface area contributed by atoms with E-state index in [9.17, 15) is 0 Å². The van der Waals surface area contributed by atoms with Gasteiger partial charge in [-0.05, 0) is 133 Å². The zero-order valence-electron chi connectivity index (χ0n) is 32.7. The lowest BCUT2D eigenvalue weighted by Gasteiger charge is -2.39. The Kier molecular flexibility index (Phi) is 9.86. The fourth-order valence-corrected chi connectivity index (χ4v) is 11.1. The summed E-state index contributed by atoms with van der Waals surface area (Å²) in [5.74, 6) is 0.689. The molecule has 8 aromatic rings. The maximum Gasteiger partial charge on any atom is 0.0468 e. The predicted molar refractivity (Wildman–Crippen MR) is 245 cm³/mol. The normalized spacial score (nSPS) is 15.8. The number of hydrogen-bond donors (Lipinski definition) is 0. The molecular formula is C54H50N2S. The molecule has 0 unspecified atom stereocenters. The molecule has 0 radical (unpaired) electrons. The van der Waals surface area contributed by atoms with E-state index in [1.807, 2.05) is 11.3 Å². The van der Waals surface area contributed by atoms with Gasteiger partial charge in [0, 0.05) is 59.7 Å². The van der Waals surface area contributed by atoms with Crippen molar-refractivity contribution < 1.29 is 0 Å². The second-order valence-corrected chi connectivity index (χ2v) is 17.4. The number of hydrogen-bond acceptors (Lipinski definition) is 3. The molecule has 0 amide bonds. The van der Waals surface area contributed by atoms with Crippen LogP contribution >= 0.6 is 11.3 Å². The highest BCUT2D eigenvalue weighted by Gasteiger charge is 2.36. The van der Waals surface area contributed by atoms with Gasteiger partial charge in [-0.25, -0.2) is 0 Å². The van der Waals surface area contributed by atoms with Crippen molar-refractivity contribution in [3.05, 3.63) is 193 Å². The minimum absolute atomic E-state index is 0.0133. The number of para-hydroxylation sites is 2. The number of benzene rings is 7.